The maximum Gasteiger partial charge on any atom is 0.290 e. The average Bonchev–Trinajstić information content (AvgIpc) is 3.37. The summed E-state index contributed by atoms with van der Waals surface area (Å²) in [6, 6.07) is 21.7. The number of benzene rings is 3. The van der Waals surface area contributed by atoms with Crippen LogP contribution in [0.5, 0.6) is 5.75 Å². The lowest BCUT2D eigenvalue weighted by Crippen LogP contribution is -2.50. The van der Waals surface area contributed by atoms with Crippen LogP contribution in [0.25, 0.3) is 11.0 Å². The smallest absolute Gasteiger partial charge is 0.290 e. The molecule has 0 radical (unpaired) electrons. The first kappa shape index (κ1) is 26.3. The monoisotopic (exact) mass is 527 g/mol. The van der Waals surface area contributed by atoms with Crippen molar-refractivity contribution in [2.45, 2.75) is 6.92 Å². The van der Waals surface area contributed by atoms with E-state index in [9.17, 15) is 9.59 Å². The van der Waals surface area contributed by atoms with Crippen molar-refractivity contribution in [1.82, 2.24) is 15.1 Å². The third-order valence-corrected chi connectivity index (χ3v) is 6.71. The number of carbonyl (C=O) groups is 2. The number of ether oxygens (including phenoxy) is 1. The molecule has 202 valence electrons. The molecule has 2 heterocycles. The number of carbonyl (C=O) groups excluding carboxylic acids is 2. The fourth-order valence-corrected chi connectivity index (χ4v) is 4.54. The first-order valence-corrected chi connectivity index (χ1v) is 13.1. The lowest BCUT2D eigenvalue weighted by atomic mass is 10.2. The van der Waals surface area contributed by atoms with Gasteiger partial charge in [0.2, 0.25) is 0 Å². The molecule has 0 saturated carbocycles. The Balaban J connectivity index is 1.22. The van der Waals surface area contributed by atoms with Crippen molar-refractivity contribution in [3.05, 3.63) is 89.7 Å². The molecule has 0 unspecified atom stereocenters. The Bertz CT molecular complexity index is 1440. The van der Waals surface area contributed by atoms with Crippen LogP contribution in [0, 0.1) is 6.92 Å². The highest BCUT2D eigenvalue weighted by Crippen LogP contribution is 2.22. The number of hydrogen-bond acceptors (Lipinski definition) is 7. The third-order valence-electron chi connectivity index (χ3n) is 6.71. The Morgan fingerprint density at radius 1 is 1.05 bits per heavy atom. The second-order valence-electron chi connectivity index (χ2n) is 9.64. The zero-order valence-corrected chi connectivity index (χ0v) is 22.0. The molecule has 5 rings (SSSR count). The molecule has 9 nitrogen and oxygen atoms in total. The molecule has 4 N–H and O–H groups in total. The van der Waals surface area contributed by atoms with Gasteiger partial charge in [-0.2, -0.15) is 0 Å². The zero-order valence-electron chi connectivity index (χ0n) is 22.0. The number of aryl methyl sites for hydroxylation is 1. The Labute approximate surface area is 227 Å². The SMILES string of the molecule is Cc1ccc2oc(C(=O)N(CCOc3ccc(C(=O)Nc4ccccc4N)cc3)CN3CCNCC3)cc2c1. The minimum Gasteiger partial charge on any atom is -0.492 e. The van der Waals surface area contributed by atoms with Crippen molar-refractivity contribution in [3.63, 3.8) is 0 Å². The van der Waals surface area contributed by atoms with Gasteiger partial charge in [0, 0.05) is 37.1 Å². The number of nitrogens with one attached hydrogen (secondary N) is 2. The summed E-state index contributed by atoms with van der Waals surface area (Å²) in [5.74, 6) is 0.506. The predicted molar refractivity (Wildman–Crippen MR) is 152 cm³/mol. The van der Waals surface area contributed by atoms with Gasteiger partial charge in [-0.3, -0.25) is 14.5 Å². The van der Waals surface area contributed by atoms with E-state index in [4.69, 9.17) is 14.9 Å². The Kier molecular flexibility index (Phi) is 8.10. The molecule has 1 aliphatic heterocycles. The molecule has 1 aromatic heterocycles. The number of piperazine rings is 1. The van der Waals surface area contributed by atoms with E-state index in [1.54, 1.807) is 41.3 Å². The van der Waals surface area contributed by atoms with Crippen molar-refractivity contribution in [2.24, 2.45) is 0 Å². The van der Waals surface area contributed by atoms with Crippen LogP contribution in [-0.2, 0) is 0 Å². The van der Waals surface area contributed by atoms with E-state index < -0.39 is 0 Å². The van der Waals surface area contributed by atoms with Gasteiger partial charge in [-0.1, -0.05) is 23.8 Å². The molecule has 1 fully saturated rings. The normalized spacial score (nSPS) is 13.8. The summed E-state index contributed by atoms with van der Waals surface area (Å²) in [5, 5.41) is 7.07. The third kappa shape index (κ3) is 6.57. The molecule has 0 atom stereocenters. The van der Waals surface area contributed by atoms with Gasteiger partial charge in [0.25, 0.3) is 11.8 Å². The van der Waals surface area contributed by atoms with Crippen LogP contribution < -0.4 is 21.1 Å². The highest BCUT2D eigenvalue weighted by molar-refractivity contribution is 6.05. The minimum absolute atomic E-state index is 0.168. The average molecular weight is 528 g/mol. The van der Waals surface area contributed by atoms with Gasteiger partial charge in [0.05, 0.1) is 24.6 Å². The lowest BCUT2D eigenvalue weighted by molar-refractivity contribution is 0.0539. The van der Waals surface area contributed by atoms with Crippen LogP contribution in [0.1, 0.15) is 26.5 Å². The van der Waals surface area contributed by atoms with Gasteiger partial charge >= 0.3 is 0 Å². The van der Waals surface area contributed by atoms with Gasteiger partial charge in [-0.05, 0) is 61.5 Å². The lowest BCUT2D eigenvalue weighted by Gasteiger charge is -2.32. The maximum absolute atomic E-state index is 13.5. The number of nitrogen functional groups attached to an aromatic ring is 1. The first-order chi connectivity index (χ1) is 19.0. The molecule has 39 heavy (non-hydrogen) atoms. The van der Waals surface area contributed by atoms with Gasteiger partial charge in [-0.25, -0.2) is 0 Å². The van der Waals surface area contributed by atoms with Crippen LogP contribution in [-0.4, -0.2) is 67.6 Å². The highest BCUT2D eigenvalue weighted by atomic mass is 16.5. The Morgan fingerprint density at radius 3 is 2.59 bits per heavy atom. The van der Waals surface area contributed by atoms with Crippen molar-refractivity contribution >= 4 is 34.2 Å². The molecular weight excluding hydrogens is 494 g/mol. The molecule has 4 aromatic rings. The van der Waals surface area contributed by atoms with Gasteiger partial charge < -0.3 is 30.4 Å². The summed E-state index contributed by atoms with van der Waals surface area (Å²) in [6.07, 6.45) is 0. The van der Waals surface area contributed by atoms with Crippen LogP contribution in [0.3, 0.4) is 0 Å². The standard InChI is InChI=1S/C30H33N5O4/c1-21-6-11-27-23(18-21)19-28(39-27)30(37)35(20-34-14-12-32-13-15-34)16-17-38-24-9-7-22(8-10-24)29(36)33-26-5-3-2-4-25(26)31/h2-11,18-19,32H,12-17,20,31H2,1H3,(H,33,36). The van der Waals surface area contributed by atoms with E-state index in [1.165, 1.54) is 0 Å². The molecule has 0 bridgehead atoms. The molecule has 0 aliphatic carbocycles. The Morgan fingerprint density at radius 2 is 1.82 bits per heavy atom. The quantitative estimate of drug-likeness (QED) is 0.283. The van der Waals surface area contributed by atoms with E-state index in [0.29, 0.717) is 53.9 Å². The largest absolute Gasteiger partial charge is 0.492 e. The number of para-hydroxylation sites is 2. The maximum atomic E-state index is 13.5. The topological polar surface area (TPSA) is 113 Å². The second kappa shape index (κ2) is 12.0. The first-order valence-electron chi connectivity index (χ1n) is 13.1. The number of hydrogen-bond donors (Lipinski definition) is 3. The number of nitrogens with two attached hydrogens (primary N) is 1. The van der Waals surface area contributed by atoms with E-state index in [0.717, 1.165) is 37.1 Å². The van der Waals surface area contributed by atoms with E-state index in [-0.39, 0.29) is 11.8 Å². The number of anilines is 2. The van der Waals surface area contributed by atoms with Crippen LogP contribution in [0.2, 0.25) is 0 Å². The summed E-state index contributed by atoms with van der Waals surface area (Å²) in [7, 11) is 0. The van der Waals surface area contributed by atoms with E-state index >= 15 is 0 Å². The van der Waals surface area contributed by atoms with Crippen molar-refractivity contribution in [3.8, 4) is 5.75 Å². The van der Waals surface area contributed by atoms with Crippen molar-refractivity contribution < 1.29 is 18.7 Å². The summed E-state index contributed by atoms with van der Waals surface area (Å²) in [4.78, 5) is 30.1. The Hall–Kier alpha value is -4.34. The number of fused-ring (bicyclic) bond motifs is 1. The molecule has 3 aromatic carbocycles. The number of amides is 2. The van der Waals surface area contributed by atoms with Crippen LogP contribution >= 0.6 is 0 Å². The fraction of sp³-hybridized carbons (Fsp3) is 0.267. The summed E-state index contributed by atoms with van der Waals surface area (Å²) in [5.41, 5.74) is 9.28. The van der Waals surface area contributed by atoms with Gasteiger partial charge in [0.15, 0.2) is 5.76 Å². The number of rotatable bonds is 9. The van der Waals surface area contributed by atoms with Crippen LogP contribution in [0.4, 0.5) is 11.4 Å². The summed E-state index contributed by atoms with van der Waals surface area (Å²) in [6.45, 7) is 6.68. The molecule has 2 amide bonds. The van der Waals surface area contributed by atoms with Crippen LogP contribution in [0.15, 0.2) is 77.2 Å². The van der Waals surface area contributed by atoms with Gasteiger partial charge in [-0.15, -0.1) is 0 Å². The van der Waals surface area contributed by atoms with E-state index in [2.05, 4.69) is 15.5 Å². The summed E-state index contributed by atoms with van der Waals surface area (Å²) < 4.78 is 11.8. The zero-order chi connectivity index (χ0) is 27.2. The molecular formula is C30H33N5O4. The summed E-state index contributed by atoms with van der Waals surface area (Å²) >= 11 is 0. The van der Waals surface area contributed by atoms with Crippen molar-refractivity contribution in [1.29, 1.82) is 0 Å². The van der Waals surface area contributed by atoms with E-state index in [1.807, 2.05) is 43.3 Å². The number of furan rings is 1. The number of nitrogens with zero attached hydrogens (tertiary/aromatic N) is 2. The molecule has 1 saturated heterocycles. The minimum atomic E-state index is -0.256. The second-order valence-corrected chi connectivity index (χ2v) is 9.64. The fourth-order valence-electron chi connectivity index (χ4n) is 4.54. The predicted octanol–water partition coefficient (Wildman–Crippen LogP) is 3.96. The van der Waals surface area contributed by atoms with Gasteiger partial charge in [0.1, 0.15) is 17.9 Å². The highest BCUT2D eigenvalue weighted by Gasteiger charge is 2.23. The molecule has 0 spiro atoms. The van der Waals surface area contributed by atoms with Crippen molar-refractivity contribution in [2.75, 3.05) is 57.0 Å². The molecule has 9 heteroatoms. The molecule has 1 aliphatic rings.